The van der Waals surface area contributed by atoms with Crippen LogP contribution in [0.3, 0.4) is 0 Å². The topological polar surface area (TPSA) is 60.1 Å². The maximum absolute atomic E-state index is 12.6. The molecule has 10 heteroatoms. The van der Waals surface area contributed by atoms with Gasteiger partial charge in [-0.3, -0.25) is 4.74 Å². The van der Waals surface area contributed by atoms with Gasteiger partial charge in [-0.25, -0.2) is 4.98 Å². The summed E-state index contributed by atoms with van der Waals surface area (Å²) in [6.45, 7) is -4.04. The van der Waals surface area contributed by atoms with Crippen molar-refractivity contribution in [2.24, 2.45) is 0 Å². The van der Waals surface area contributed by atoms with E-state index in [9.17, 15) is 22.0 Å². The molecular weight excluding hydrogens is 385 g/mol. The Morgan fingerprint density at radius 3 is 2.57 bits per heavy atom. The van der Waals surface area contributed by atoms with Gasteiger partial charge >= 0.3 is 13.0 Å². The summed E-state index contributed by atoms with van der Waals surface area (Å²) in [5.41, 5.74) is 1.28. The molecule has 0 fully saturated rings. The van der Waals surface area contributed by atoms with Gasteiger partial charge < -0.3 is 9.30 Å². The molecule has 0 N–H and O–H groups in total. The zero-order valence-corrected chi connectivity index (χ0v) is 14.1. The van der Waals surface area contributed by atoms with Crippen LogP contribution in [0.5, 0.6) is 5.75 Å². The average molecular weight is 397 g/mol. The Labute approximate surface area is 155 Å². The number of fused-ring (bicyclic) bond motifs is 1. The molecule has 0 saturated carbocycles. The Hall–Kier alpha value is -3.19. The molecule has 0 atom stereocenters. The van der Waals surface area contributed by atoms with Crippen molar-refractivity contribution in [3.8, 4) is 11.8 Å². The van der Waals surface area contributed by atoms with E-state index in [1.54, 1.807) is 6.07 Å². The number of ether oxygens (including phenoxy) is 2. The quantitative estimate of drug-likeness (QED) is 0.571. The van der Waals surface area contributed by atoms with Crippen LogP contribution in [0.2, 0.25) is 0 Å². The first-order valence-corrected chi connectivity index (χ1v) is 7.89. The third kappa shape index (κ3) is 4.55. The predicted octanol–water partition coefficient (Wildman–Crippen LogP) is 4.59. The normalized spacial score (nSPS) is 11.8. The van der Waals surface area contributed by atoms with Crippen molar-refractivity contribution in [1.29, 1.82) is 5.26 Å². The van der Waals surface area contributed by atoms with Crippen molar-refractivity contribution in [2.45, 2.75) is 26.1 Å². The molecule has 2 aromatic carbocycles. The van der Waals surface area contributed by atoms with Crippen LogP contribution in [-0.4, -0.2) is 22.5 Å². The van der Waals surface area contributed by atoms with Gasteiger partial charge in [0.15, 0.2) is 0 Å². The van der Waals surface area contributed by atoms with Crippen LogP contribution in [0.1, 0.15) is 17.0 Å². The summed E-state index contributed by atoms with van der Waals surface area (Å²) in [6.07, 6.45) is -4.86. The van der Waals surface area contributed by atoms with Crippen LogP contribution < -0.4 is 4.74 Å². The molecule has 0 amide bonds. The Morgan fingerprint density at radius 1 is 1.14 bits per heavy atom. The summed E-state index contributed by atoms with van der Waals surface area (Å²) in [4.78, 5) is 4.12. The second-order valence-corrected chi connectivity index (χ2v) is 5.65. The number of halogens is 5. The van der Waals surface area contributed by atoms with Gasteiger partial charge in [0.1, 0.15) is 18.2 Å². The number of hydrogen-bond donors (Lipinski definition) is 0. The van der Waals surface area contributed by atoms with E-state index in [0.29, 0.717) is 16.6 Å². The Morgan fingerprint density at radius 2 is 1.89 bits per heavy atom. The standard InChI is InChI=1S/C18H12F5N3O2/c19-17(20)28-15-4-2-1-3-12(15)9-26-14-7-11(8-24)5-6-13(14)25-16(26)10-27-18(21,22)23/h1-7,17H,9-10H2. The molecule has 5 nitrogen and oxygen atoms in total. The second-order valence-electron chi connectivity index (χ2n) is 5.65. The fraction of sp³-hybridized carbons (Fsp3) is 0.222. The van der Waals surface area contributed by atoms with Gasteiger partial charge in [-0.05, 0) is 24.3 Å². The molecule has 3 aromatic rings. The molecule has 0 aliphatic rings. The van der Waals surface area contributed by atoms with Crippen molar-refractivity contribution < 1.29 is 31.4 Å². The molecular formula is C18H12F5N3O2. The summed E-state index contributed by atoms with van der Waals surface area (Å²) in [5, 5.41) is 9.08. The minimum atomic E-state index is -4.86. The lowest BCUT2D eigenvalue weighted by Gasteiger charge is -2.14. The minimum Gasteiger partial charge on any atom is -0.434 e. The van der Waals surface area contributed by atoms with Crippen molar-refractivity contribution in [3.05, 3.63) is 59.4 Å². The second kappa shape index (κ2) is 7.82. The van der Waals surface area contributed by atoms with E-state index in [1.165, 1.54) is 41.0 Å². The van der Waals surface area contributed by atoms with Crippen molar-refractivity contribution in [3.63, 3.8) is 0 Å². The Bertz CT molecular complexity index is 1020. The van der Waals surface area contributed by atoms with Gasteiger partial charge in [0.05, 0.1) is 29.2 Å². The number of rotatable bonds is 6. The van der Waals surface area contributed by atoms with Crippen LogP contribution in [0.4, 0.5) is 22.0 Å². The third-order valence-electron chi connectivity index (χ3n) is 3.84. The van der Waals surface area contributed by atoms with E-state index >= 15 is 0 Å². The van der Waals surface area contributed by atoms with E-state index in [2.05, 4.69) is 14.5 Å². The maximum Gasteiger partial charge on any atom is 0.522 e. The molecule has 146 valence electrons. The first-order valence-electron chi connectivity index (χ1n) is 7.89. The number of hydrogen-bond acceptors (Lipinski definition) is 4. The van der Waals surface area contributed by atoms with Gasteiger partial charge in [0, 0.05) is 5.56 Å². The lowest BCUT2D eigenvalue weighted by atomic mass is 10.2. The molecule has 0 spiro atoms. The van der Waals surface area contributed by atoms with E-state index in [0.717, 1.165) is 0 Å². The largest absolute Gasteiger partial charge is 0.522 e. The number of para-hydroxylation sites is 1. The van der Waals surface area contributed by atoms with Gasteiger partial charge in [-0.15, -0.1) is 13.2 Å². The average Bonchev–Trinajstić information content (AvgIpc) is 2.97. The number of aromatic nitrogens is 2. The zero-order valence-electron chi connectivity index (χ0n) is 14.1. The third-order valence-corrected chi connectivity index (χ3v) is 3.84. The highest BCUT2D eigenvalue weighted by Crippen LogP contribution is 2.27. The maximum atomic E-state index is 12.6. The summed E-state index contributed by atoms with van der Waals surface area (Å²) < 4.78 is 72.4. The van der Waals surface area contributed by atoms with E-state index < -0.39 is 19.6 Å². The number of alkyl halides is 5. The number of nitriles is 1. The summed E-state index contributed by atoms with van der Waals surface area (Å²) in [7, 11) is 0. The summed E-state index contributed by atoms with van der Waals surface area (Å²) in [5.74, 6) is -0.187. The lowest BCUT2D eigenvalue weighted by molar-refractivity contribution is -0.331. The van der Waals surface area contributed by atoms with Crippen molar-refractivity contribution >= 4 is 11.0 Å². The van der Waals surface area contributed by atoms with Crippen LogP contribution in [0.25, 0.3) is 11.0 Å². The van der Waals surface area contributed by atoms with Crippen LogP contribution >= 0.6 is 0 Å². The molecule has 3 rings (SSSR count). The van der Waals surface area contributed by atoms with E-state index in [4.69, 9.17) is 5.26 Å². The highest BCUT2D eigenvalue weighted by molar-refractivity contribution is 5.78. The predicted molar refractivity (Wildman–Crippen MR) is 87.5 cm³/mol. The molecule has 28 heavy (non-hydrogen) atoms. The molecule has 0 aliphatic heterocycles. The highest BCUT2D eigenvalue weighted by Gasteiger charge is 2.30. The summed E-state index contributed by atoms with van der Waals surface area (Å²) in [6, 6.07) is 12.3. The fourth-order valence-corrected chi connectivity index (χ4v) is 2.69. The first-order chi connectivity index (χ1) is 13.3. The van der Waals surface area contributed by atoms with Gasteiger partial charge in [-0.1, -0.05) is 18.2 Å². The van der Waals surface area contributed by atoms with E-state index in [1.807, 2.05) is 6.07 Å². The van der Waals surface area contributed by atoms with E-state index in [-0.39, 0.29) is 23.7 Å². The lowest BCUT2D eigenvalue weighted by Crippen LogP contribution is -2.16. The smallest absolute Gasteiger partial charge is 0.434 e. The van der Waals surface area contributed by atoms with Crippen LogP contribution in [-0.2, 0) is 17.9 Å². The van der Waals surface area contributed by atoms with Gasteiger partial charge in [0.2, 0.25) is 0 Å². The fourth-order valence-electron chi connectivity index (χ4n) is 2.69. The number of nitrogens with zero attached hydrogens (tertiary/aromatic N) is 3. The molecule has 1 aromatic heterocycles. The molecule has 1 heterocycles. The Balaban J connectivity index is 2.06. The zero-order chi connectivity index (χ0) is 20.3. The highest BCUT2D eigenvalue weighted by atomic mass is 19.4. The van der Waals surface area contributed by atoms with Crippen molar-refractivity contribution in [2.75, 3.05) is 0 Å². The number of benzene rings is 2. The minimum absolute atomic E-state index is 0.0748. The monoisotopic (exact) mass is 397 g/mol. The Kier molecular flexibility index (Phi) is 5.46. The molecule has 0 bridgehead atoms. The molecule has 0 radical (unpaired) electrons. The SMILES string of the molecule is N#Cc1ccc2nc(COC(F)(F)F)n(Cc3ccccc3OC(F)F)c2c1. The van der Waals surface area contributed by atoms with Gasteiger partial charge in [-0.2, -0.15) is 14.0 Å². The van der Waals surface area contributed by atoms with Gasteiger partial charge in [0.25, 0.3) is 0 Å². The van der Waals surface area contributed by atoms with Crippen LogP contribution in [0, 0.1) is 11.3 Å². The van der Waals surface area contributed by atoms with Crippen LogP contribution in [0.15, 0.2) is 42.5 Å². The first kappa shape index (κ1) is 19.6. The number of imidazole rings is 1. The molecule has 0 saturated heterocycles. The molecule has 0 unspecified atom stereocenters. The summed E-state index contributed by atoms with van der Waals surface area (Å²) >= 11 is 0. The van der Waals surface area contributed by atoms with Crippen molar-refractivity contribution in [1.82, 2.24) is 9.55 Å². The molecule has 0 aliphatic carbocycles.